The minimum Gasteiger partial charge on any atom is -0.493 e. The summed E-state index contributed by atoms with van der Waals surface area (Å²) < 4.78 is 10.5. The number of methoxy groups -OCH3 is 2. The topological polar surface area (TPSA) is 64.8 Å². The molecule has 0 aliphatic carbocycles. The van der Waals surface area contributed by atoms with E-state index in [4.69, 9.17) is 15.2 Å². The van der Waals surface area contributed by atoms with E-state index in [0.29, 0.717) is 22.7 Å². The van der Waals surface area contributed by atoms with Gasteiger partial charge in [-0.25, -0.2) is 0 Å². The molecular formula is C16H18N2O3. The van der Waals surface area contributed by atoms with Gasteiger partial charge in [0.2, 0.25) is 0 Å². The summed E-state index contributed by atoms with van der Waals surface area (Å²) in [5.74, 6) is 0.588. The first-order chi connectivity index (χ1) is 10.1. The summed E-state index contributed by atoms with van der Waals surface area (Å²) in [5, 5.41) is 0. The third kappa shape index (κ3) is 2.91. The first-order valence-electron chi connectivity index (χ1n) is 6.43. The van der Waals surface area contributed by atoms with Gasteiger partial charge in [-0.2, -0.15) is 0 Å². The van der Waals surface area contributed by atoms with Gasteiger partial charge in [-0.05, 0) is 18.2 Å². The molecule has 0 atom stereocenters. The first-order valence-corrected chi connectivity index (χ1v) is 6.43. The van der Waals surface area contributed by atoms with Crippen molar-refractivity contribution >= 4 is 17.3 Å². The molecule has 2 aromatic rings. The number of rotatable bonds is 4. The lowest BCUT2D eigenvalue weighted by molar-refractivity contribution is 0.0989. The molecule has 0 aliphatic rings. The number of anilines is 2. The SMILES string of the molecule is COc1cc(N)cc(C(=O)N(C)c2ccccc2)c1OC. The van der Waals surface area contributed by atoms with E-state index in [0.717, 1.165) is 5.69 Å². The molecule has 21 heavy (non-hydrogen) atoms. The fraction of sp³-hybridized carbons (Fsp3) is 0.188. The third-order valence-corrected chi connectivity index (χ3v) is 3.18. The number of hydrogen-bond donors (Lipinski definition) is 1. The molecule has 0 radical (unpaired) electrons. The van der Waals surface area contributed by atoms with Crippen LogP contribution in [0.5, 0.6) is 11.5 Å². The Kier molecular flexibility index (Phi) is 4.33. The van der Waals surface area contributed by atoms with Crippen LogP contribution in [0.2, 0.25) is 0 Å². The zero-order valence-corrected chi connectivity index (χ0v) is 12.3. The third-order valence-electron chi connectivity index (χ3n) is 3.18. The lowest BCUT2D eigenvalue weighted by Gasteiger charge is -2.20. The minimum atomic E-state index is -0.219. The number of ether oxygens (including phenoxy) is 2. The van der Waals surface area contributed by atoms with Crippen molar-refractivity contribution in [3.8, 4) is 11.5 Å². The van der Waals surface area contributed by atoms with Crippen LogP contribution in [-0.2, 0) is 0 Å². The number of nitrogens with two attached hydrogens (primary N) is 1. The molecule has 0 bridgehead atoms. The van der Waals surface area contributed by atoms with Gasteiger partial charge in [-0.15, -0.1) is 0 Å². The number of carbonyl (C=O) groups is 1. The Morgan fingerprint density at radius 1 is 1.10 bits per heavy atom. The Morgan fingerprint density at radius 3 is 2.33 bits per heavy atom. The zero-order valence-electron chi connectivity index (χ0n) is 12.3. The number of amides is 1. The van der Waals surface area contributed by atoms with Crippen molar-refractivity contribution in [2.45, 2.75) is 0 Å². The lowest BCUT2D eigenvalue weighted by Crippen LogP contribution is -2.26. The van der Waals surface area contributed by atoms with Crippen molar-refractivity contribution in [3.05, 3.63) is 48.0 Å². The lowest BCUT2D eigenvalue weighted by atomic mass is 10.1. The molecule has 0 fully saturated rings. The van der Waals surface area contributed by atoms with Gasteiger partial charge in [-0.3, -0.25) is 4.79 Å². The molecule has 2 N–H and O–H groups in total. The summed E-state index contributed by atoms with van der Waals surface area (Å²) in [5.41, 5.74) is 7.42. The molecule has 2 rings (SSSR count). The van der Waals surface area contributed by atoms with Crippen molar-refractivity contribution in [1.29, 1.82) is 0 Å². The number of para-hydroxylation sites is 1. The monoisotopic (exact) mass is 286 g/mol. The molecule has 110 valence electrons. The average Bonchev–Trinajstić information content (AvgIpc) is 2.53. The molecule has 0 unspecified atom stereocenters. The molecule has 0 saturated heterocycles. The quantitative estimate of drug-likeness (QED) is 0.877. The number of nitrogens with zero attached hydrogens (tertiary/aromatic N) is 1. The maximum atomic E-state index is 12.7. The highest BCUT2D eigenvalue weighted by atomic mass is 16.5. The zero-order chi connectivity index (χ0) is 15.4. The average molecular weight is 286 g/mol. The predicted molar refractivity (Wildman–Crippen MR) is 83.1 cm³/mol. The van der Waals surface area contributed by atoms with E-state index < -0.39 is 0 Å². The normalized spacial score (nSPS) is 10.0. The summed E-state index contributed by atoms with van der Waals surface area (Å²) >= 11 is 0. The summed E-state index contributed by atoms with van der Waals surface area (Å²) in [6, 6.07) is 12.6. The van der Waals surface area contributed by atoms with E-state index >= 15 is 0 Å². The van der Waals surface area contributed by atoms with Crippen LogP contribution in [0.15, 0.2) is 42.5 Å². The molecule has 0 spiro atoms. The number of hydrogen-bond acceptors (Lipinski definition) is 4. The fourth-order valence-electron chi connectivity index (χ4n) is 2.09. The van der Waals surface area contributed by atoms with Crippen molar-refractivity contribution in [2.24, 2.45) is 0 Å². The van der Waals surface area contributed by atoms with Gasteiger partial charge < -0.3 is 20.1 Å². The Hall–Kier alpha value is -2.69. The van der Waals surface area contributed by atoms with Crippen LogP contribution in [0.3, 0.4) is 0 Å². The van der Waals surface area contributed by atoms with E-state index in [1.165, 1.54) is 19.1 Å². The highest BCUT2D eigenvalue weighted by molar-refractivity contribution is 6.08. The minimum absolute atomic E-state index is 0.219. The molecule has 1 amide bonds. The van der Waals surface area contributed by atoms with Crippen molar-refractivity contribution in [3.63, 3.8) is 0 Å². The molecule has 5 heteroatoms. The van der Waals surface area contributed by atoms with Crippen molar-refractivity contribution in [1.82, 2.24) is 0 Å². The molecule has 0 aromatic heterocycles. The van der Waals surface area contributed by atoms with E-state index in [1.54, 1.807) is 19.2 Å². The highest BCUT2D eigenvalue weighted by Crippen LogP contribution is 2.34. The van der Waals surface area contributed by atoms with Crippen LogP contribution in [0, 0.1) is 0 Å². The molecule has 0 heterocycles. The van der Waals surface area contributed by atoms with Gasteiger partial charge in [0.15, 0.2) is 11.5 Å². The van der Waals surface area contributed by atoms with Crippen molar-refractivity contribution in [2.75, 3.05) is 31.9 Å². The molecule has 2 aromatic carbocycles. The van der Waals surface area contributed by atoms with Gasteiger partial charge >= 0.3 is 0 Å². The van der Waals surface area contributed by atoms with Gasteiger partial charge in [-0.1, -0.05) is 18.2 Å². The molecule has 0 saturated carbocycles. The first kappa shape index (κ1) is 14.7. The van der Waals surface area contributed by atoms with Gasteiger partial charge in [0.25, 0.3) is 5.91 Å². The maximum absolute atomic E-state index is 12.7. The van der Waals surface area contributed by atoms with Gasteiger partial charge in [0.05, 0.1) is 19.8 Å². The summed E-state index contributed by atoms with van der Waals surface area (Å²) in [6.45, 7) is 0. The van der Waals surface area contributed by atoms with Gasteiger partial charge in [0, 0.05) is 24.5 Å². The van der Waals surface area contributed by atoms with Crippen LogP contribution in [0.25, 0.3) is 0 Å². The Morgan fingerprint density at radius 2 is 1.76 bits per heavy atom. The Balaban J connectivity index is 2.46. The van der Waals surface area contributed by atoms with E-state index in [1.807, 2.05) is 30.3 Å². The van der Waals surface area contributed by atoms with E-state index in [2.05, 4.69) is 0 Å². The van der Waals surface area contributed by atoms with Crippen LogP contribution < -0.4 is 20.1 Å². The van der Waals surface area contributed by atoms with E-state index in [9.17, 15) is 4.79 Å². The molecule has 5 nitrogen and oxygen atoms in total. The van der Waals surface area contributed by atoms with Crippen LogP contribution in [0.4, 0.5) is 11.4 Å². The Bertz CT molecular complexity index is 641. The summed E-state index contributed by atoms with van der Waals surface area (Å²) in [4.78, 5) is 14.2. The van der Waals surface area contributed by atoms with Gasteiger partial charge in [0.1, 0.15) is 0 Å². The number of nitrogen functional groups attached to an aromatic ring is 1. The second-order valence-electron chi connectivity index (χ2n) is 4.50. The molecule has 0 aliphatic heterocycles. The number of carbonyl (C=O) groups excluding carboxylic acids is 1. The smallest absolute Gasteiger partial charge is 0.261 e. The van der Waals surface area contributed by atoms with Crippen molar-refractivity contribution < 1.29 is 14.3 Å². The Labute approximate surface area is 123 Å². The second-order valence-corrected chi connectivity index (χ2v) is 4.50. The van der Waals surface area contributed by atoms with Crippen LogP contribution in [-0.4, -0.2) is 27.2 Å². The highest BCUT2D eigenvalue weighted by Gasteiger charge is 2.21. The fourth-order valence-corrected chi connectivity index (χ4v) is 2.09. The number of benzene rings is 2. The largest absolute Gasteiger partial charge is 0.493 e. The van der Waals surface area contributed by atoms with E-state index in [-0.39, 0.29) is 5.91 Å². The summed E-state index contributed by atoms with van der Waals surface area (Å²) in [7, 11) is 4.70. The molecular weight excluding hydrogens is 268 g/mol. The second kappa shape index (κ2) is 6.17. The van der Waals surface area contributed by atoms with Crippen LogP contribution >= 0.6 is 0 Å². The predicted octanol–water partition coefficient (Wildman–Crippen LogP) is 2.56. The standard InChI is InChI=1S/C16H18N2O3/c1-18(12-7-5-4-6-8-12)16(19)13-9-11(17)10-14(20-2)15(13)21-3/h4-10H,17H2,1-3H3. The van der Waals surface area contributed by atoms with Crippen LogP contribution in [0.1, 0.15) is 10.4 Å². The maximum Gasteiger partial charge on any atom is 0.261 e. The summed E-state index contributed by atoms with van der Waals surface area (Å²) in [6.07, 6.45) is 0.